The van der Waals surface area contributed by atoms with Gasteiger partial charge >= 0.3 is 0 Å². The highest BCUT2D eigenvalue weighted by atomic mass is 16.3. The standard InChI is InChI=1S/C16H21N3O3/c1-16(2,3)12(8-9-20)17-15(22)13-14(21)10-6-4-5-7-11(10)18-19-13/h4-7,12,20H,8-9H2,1-3H3,(H,17,22)(H,18,21). The van der Waals surface area contributed by atoms with Gasteiger partial charge in [-0.1, -0.05) is 32.9 Å². The minimum absolute atomic E-state index is 0.0380. The molecule has 22 heavy (non-hydrogen) atoms. The monoisotopic (exact) mass is 303 g/mol. The molecule has 0 saturated heterocycles. The van der Waals surface area contributed by atoms with Crippen molar-refractivity contribution in [2.75, 3.05) is 6.61 Å². The van der Waals surface area contributed by atoms with E-state index < -0.39 is 11.3 Å². The Morgan fingerprint density at radius 2 is 2.05 bits per heavy atom. The quantitative estimate of drug-likeness (QED) is 0.796. The summed E-state index contributed by atoms with van der Waals surface area (Å²) in [5.41, 5.74) is -0.205. The first-order valence-electron chi connectivity index (χ1n) is 7.23. The second-order valence-corrected chi connectivity index (χ2v) is 6.35. The third-order valence-electron chi connectivity index (χ3n) is 3.66. The van der Waals surface area contributed by atoms with Crippen molar-refractivity contribution < 1.29 is 9.90 Å². The van der Waals surface area contributed by atoms with Crippen LogP contribution in [0.4, 0.5) is 0 Å². The van der Waals surface area contributed by atoms with Crippen LogP contribution >= 0.6 is 0 Å². The van der Waals surface area contributed by atoms with E-state index in [9.17, 15) is 9.59 Å². The molecule has 1 heterocycles. The Hall–Kier alpha value is -2.21. The molecule has 0 aliphatic carbocycles. The lowest BCUT2D eigenvalue weighted by Crippen LogP contribution is -2.45. The summed E-state index contributed by atoms with van der Waals surface area (Å²) in [5, 5.41) is 19.0. The molecule has 6 heteroatoms. The summed E-state index contributed by atoms with van der Waals surface area (Å²) >= 11 is 0. The molecular weight excluding hydrogens is 282 g/mol. The molecule has 2 rings (SSSR count). The van der Waals surface area contributed by atoms with Gasteiger partial charge in [0.05, 0.1) is 5.52 Å². The van der Waals surface area contributed by atoms with Crippen molar-refractivity contribution in [3.63, 3.8) is 0 Å². The Morgan fingerprint density at radius 1 is 1.36 bits per heavy atom. The minimum atomic E-state index is -0.527. The highest BCUT2D eigenvalue weighted by Crippen LogP contribution is 2.21. The Morgan fingerprint density at radius 3 is 2.68 bits per heavy atom. The molecule has 1 unspecified atom stereocenters. The molecule has 6 nitrogen and oxygen atoms in total. The number of aromatic amines is 1. The maximum Gasteiger partial charge on any atom is 0.276 e. The van der Waals surface area contributed by atoms with Gasteiger partial charge in [-0.25, -0.2) is 0 Å². The van der Waals surface area contributed by atoms with Gasteiger partial charge in [0, 0.05) is 18.0 Å². The van der Waals surface area contributed by atoms with E-state index in [2.05, 4.69) is 15.5 Å². The van der Waals surface area contributed by atoms with Gasteiger partial charge in [0.1, 0.15) is 0 Å². The van der Waals surface area contributed by atoms with Gasteiger partial charge < -0.3 is 10.4 Å². The number of hydrogen-bond donors (Lipinski definition) is 3. The Labute approximate surface area is 128 Å². The molecule has 0 fully saturated rings. The first-order valence-corrected chi connectivity index (χ1v) is 7.23. The van der Waals surface area contributed by atoms with Gasteiger partial charge in [-0.2, -0.15) is 5.10 Å². The molecule has 2 aromatic rings. The average Bonchev–Trinajstić information content (AvgIpc) is 2.46. The van der Waals surface area contributed by atoms with E-state index in [4.69, 9.17) is 5.11 Å². The third-order valence-corrected chi connectivity index (χ3v) is 3.66. The van der Waals surface area contributed by atoms with Gasteiger partial charge in [-0.3, -0.25) is 14.7 Å². The number of aromatic nitrogens is 2. The van der Waals surface area contributed by atoms with Gasteiger partial charge in [-0.15, -0.1) is 0 Å². The Bertz CT molecular complexity index is 731. The Balaban J connectivity index is 2.33. The highest BCUT2D eigenvalue weighted by molar-refractivity contribution is 5.95. The molecule has 0 bridgehead atoms. The van der Waals surface area contributed by atoms with Gasteiger partial charge in [-0.05, 0) is 24.0 Å². The number of rotatable bonds is 4. The number of carbonyl (C=O) groups is 1. The van der Waals surface area contributed by atoms with Crippen LogP contribution in [0.2, 0.25) is 0 Å². The molecule has 1 amide bonds. The van der Waals surface area contributed by atoms with Crippen LogP contribution in [0.3, 0.4) is 0 Å². The van der Waals surface area contributed by atoms with Crippen LogP contribution in [0.25, 0.3) is 10.9 Å². The number of amides is 1. The van der Waals surface area contributed by atoms with E-state index in [0.717, 1.165) is 0 Å². The second kappa shape index (κ2) is 6.27. The lowest BCUT2D eigenvalue weighted by Gasteiger charge is -2.30. The number of carbonyl (C=O) groups excluding carboxylic acids is 1. The molecule has 1 atom stereocenters. The maximum atomic E-state index is 12.4. The zero-order valence-corrected chi connectivity index (χ0v) is 13.0. The third kappa shape index (κ3) is 3.33. The SMILES string of the molecule is CC(C)(C)C(CCO)NC(=O)c1n[nH]c2ccccc2c1=O. The van der Waals surface area contributed by atoms with E-state index in [1.807, 2.05) is 20.8 Å². The zero-order valence-electron chi connectivity index (χ0n) is 13.0. The Kier molecular flexibility index (Phi) is 4.61. The summed E-state index contributed by atoms with van der Waals surface area (Å²) in [4.78, 5) is 24.7. The van der Waals surface area contributed by atoms with Crippen LogP contribution in [0.1, 0.15) is 37.7 Å². The fraction of sp³-hybridized carbons (Fsp3) is 0.438. The summed E-state index contributed by atoms with van der Waals surface area (Å²) in [6, 6.07) is 6.66. The molecule has 0 aliphatic heterocycles. The van der Waals surface area contributed by atoms with Crippen LogP contribution < -0.4 is 10.7 Å². The summed E-state index contributed by atoms with van der Waals surface area (Å²) in [6.07, 6.45) is 0.417. The van der Waals surface area contributed by atoms with Crippen molar-refractivity contribution in [3.05, 3.63) is 40.2 Å². The van der Waals surface area contributed by atoms with E-state index >= 15 is 0 Å². The summed E-state index contributed by atoms with van der Waals surface area (Å²) < 4.78 is 0. The number of hydrogen-bond acceptors (Lipinski definition) is 4. The maximum absolute atomic E-state index is 12.4. The van der Waals surface area contributed by atoms with Crippen molar-refractivity contribution in [2.45, 2.75) is 33.2 Å². The fourth-order valence-electron chi connectivity index (χ4n) is 2.30. The number of aliphatic hydroxyl groups excluding tert-OH is 1. The van der Waals surface area contributed by atoms with E-state index in [1.54, 1.807) is 24.3 Å². The van der Waals surface area contributed by atoms with Crippen LogP contribution in [-0.4, -0.2) is 33.9 Å². The second-order valence-electron chi connectivity index (χ2n) is 6.35. The number of H-pyrrole nitrogens is 1. The number of aliphatic hydroxyl groups is 1. The first kappa shape index (κ1) is 16.2. The van der Waals surface area contributed by atoms with Crippen molar-refractivity contribution >= 4 is 16.8 Å². The van der Waals surface area contributed by atoms with Gasteiger partial charge in [0.15, 0.2) is 5.69 Å². The largest absolute Gasteiger partial charge is 0.396 e. The minimum Gasteiger partial charge on any atom is -0.396 e. The van der Waals surface area contributed by atoms with Gasteiger partial charge in [0.25, 0.3) is 5.91 Å². The molecule has 0 radical (unpaired) electrons. The molecule has 0 aliphatic rings. The number of nitrogens with zero attached hydrogens (tertiary/aromatic N) is 1. The topological polar surface area (TPSA) is 95.1 Å². The van der Waals surface area contributed by atoms with Crippen LogP contribution in [0.15, 0.2) is 29.1 Å². The molecule has 3 N–H and O–H groups in total. The zero-order chi connectivity index (χ0) is 16.3. The summed E-state index contributed by atoms with van der Waals surface area (Å²) in [5.74, 6) is -0.527. The van der Waals surface area contributed by atoms with Crippen molar-refractivity contribution in [2.24, 2.45) is 5.41 Å². The predicted molar refractivity (Wildman–Crippen MR) is 84.8 cm³/mol. The molecule has 118 valence electrons. The average molecular weight is 303 g/mol. The lowest BCUT2D eigenvalue weighted by molar-refractivity contribution is 0.0878. The lowest BCUT2D eigenvalue weighted by atomic mass is 9.85. The molecule has 1 aromatic carbocycles. The number of para-hydroxylation sites is 1. The van der Waals surface area contributed by atoms with E-state index in [-0.39, 0.29) is 23.8 Å². The van der Waals surface area contributed by atoms with Crippen molar-refractivity contribution in [1.29, 1.82) is 0 Å². The summed E-state index contributed by atoms with van der Waals surface area (Å²) in [7, 11) is 0. The van der Waals surface area contributed by atoms with Crippen LogP contribution in [-0.2, 0) is 0 Å². The highest BCUT2D eigenvalue weighted by Gasteiger charge is 2.27. The molecular formula is C16H21N3O3. The van der Waals surface area contributed by atoms with E-state index in [0.29, 0.717) is 17.3 Å². The fourth-order valence-corrected chi connectivity index (χ4v) is 2.30. The van der Waals surface area contributed by atoms with Crippen molar-refractivity contribution in [3.8, 4) is 0 Å². The number of nitrogens with one attached hydrogen (secondary N) is 2. The van der Waals surface area contributed by atoms with Gasteiger partial charge in [0.2, 0.25) is 5.43 Å². The van der Waals surface area contributed by atoms with Crippen LogP contribution in [0.5, 0.6) is 0 Å². The van der Waals surface area contributed by atoms with E-state index in [1.165, 1.54) is 0 Å². The molecule has 0 spiro atoms. The van der Waals surface area contributed by atoms with Crippen molar-refractivity contribution in [1.82, 2.24) is 15.5 Å². The first-order chi connectivity index (χ1) is 10.3. The normalized spacial score (nSPS) is 13.1. The molecule has 1 aromatic heterocycles. The molecule has 0 saturated carbocycles. The predicted octanol–water partition coefficient (Wildman–Crippen LogP) is 1.45. The smallest absolute Gasteiger partial charge is 0.276 e. The number of fused-ring (bicyclic) bond motifs is 1. The summed E-state index contributed by atoms with van der Waals surface area (Å²) in [6.45, 7) is 5.85. The number of benzene rings is 1. The van der Waals surface area contributed by atoms with Crippen LogP contribution in [0, 0.1) is 5.41 Å².